The number of para-hydroxylation sites is 1. The lowest BCUT2D eigenvalue weighted by molar-refractivity contribution is -0.141. The number of aliphatic hydroxyl groups excluding tert-OH is 1. The maximum atomic E-state index is 12.6. The summed E-state index contributed by atoms with van der Waals surface area (Å²) in [6.07, 6.45) is 2.26. The van der Waals surface area contributed by atoms with Crippen LogP contribution in [0.25, 0.3) is 0 Å². The highest BCUT2D eigenvalue weighted by Crippen LogP contribution is 2.23. The fourth-order valence-electron chi connectivity index (χ4n) is 3.11. The second kappa shape index (κ2) is 9.40. The summed E-state index contributed by atoms with van der Waals surface area (Å²) in [4.78, 5) is 14.4. The Morgan fingerprint density at radius 3 is 2.88 bits per heavy atom. The summed E-state index contributed by atoms with van der Waals surface area (Å²) in [6.45, 7) is 2.01. The zero-order valence-electron chi connectivity index (χ0n) is 14.8. The van der Waals surface area contributed by atoms with Gasteiger partial charge in [0.05, 0.1) is 32.1 Å². The highest BCUT2D eigenvalue weighted by molar-refractivity contribution is 5.76. The van der Waals surface area contributed by atoms with Crippen molar-refractivity contribution >= 4 is 5.91 Å². The summed E-state index contributed by atoms with van der Waals surface area (Å²) in [5.74, 6) is 1.40. The van der Waals surface area contributed by atoms with Crippen molar-refractivity contribution in [1.82, 2.24) is 4.90 Å². The molecule has 2 atom stereocenters. The number of ether oxygens (including phenoxy) is 2. The molecular formula is C20H25NO5. The molecule has 3 rings (SSSR count). The largest absolute Gasteiger partial charge is 0.494 e. The number of amides is 1. The van der Waals surface area contributed by atoms with Crippen molar-refractivity contribution in [2.75, 3.05) is 26.4 Å². The molecule has 1 aromatic heterocycles. The van der Waals surface area contributed by atoms with Gasteiger partial charge in [-0.25, -0.2) is 0 Å². The second-order valence-electron chi connectivity index (χ2n) is 6.35. The van der Waals surface area contributed by atoms with Gasteiger partial charge in [0.2, 0.25) is 5.91 Å². The minimum atomic E-state index is -0.742. The molecule has 0 saturated carbocycles. The molecule has 1 fully saturated rings. The van der Waals surface area contributed by atoms with E-state index in [9.17, 15) is 9.90 Å². The fourth-order valence-corrected chi connectivity index (χ4v) is 3.11. The molecular weight excluding hydrogens is 334 g/mol. The quantitative estimate of drug-likeness (QED) is 0.734. The van der Waals surface area contributed by atoms with Crippen molar-refractivity contribution in [3.05, 3.63) is 54.5 Å². The Morgan fingerprint density at radius 2 is 2.12 bits per heavy atom. The van der Waals surface area contributed by atoms with Crippen molar-refractivity contribution in [3.8, 4) is 5.75 Å². The lowest BCUT2D eigenvalue weighted by Crippen LogP contribution is -2.49. The molecule has 1 amide bonds. The van der Waals surface area contributed by atoms with Gasteiger partial charge < -0.3 is 23.9 Å². The third-order valence-electron chi connectivity index (χ3n) is 4.46. The third kappa shape index (κ3) is 5.09. The van der Waals surface area contributed by atoms with Crippen molar-refractivity contribution in [3.63, 3.8) is 0 Å². The van der Waals surface area contributed by atoms with E-state index in [-0.39, 0.29) is 11.9 Å². The van der Waals surface area contributed by atoms with Crippen LogP contribution in [0.4, 0.5) is 0 Å². The van der Waals surface area contributed by atoms with Crippen molar-refractivity contribution in [2.45, 2.75) is 31.4 Å². The highest BCUT2D eigenvalue weighted by Gasteiger charge is 2.29. The summed E-state index contributed by atoms with van der Waals surface area (Å²) in [7, 11) is 0. The summed E-state index contributed by atoms with van der Waals surface area (Å²) in [6, 6.07) is 12.9. The van der Waals surface area contributed by atoms with Gasteiger partial charge in [0.15, 0.2) is 0 Å². The molecule has 0 unspecified atom stereocenters. The van der Waals surface area contributed by atoms with E-state index in [1.54, 1.807) is 12.1 Å². The molecule has 0 radical (unpaired) electrons. The molecule has 2 aromatic rings. The Labute approximate surface area is 153 Å². The number of carbonyl (C=O) groups is 1. The number of hydrogen-bond acceptors (Lipinski definition) is 5. The number of aliphatic hydroxyl groups is 1. The Morgan fingerprint density at radius 1 is 1.27 bits per heavy atom. The van der Waals surface area contributed by atoms with E-state index in [0.717, 1.165) is 5.75 Å². The van der Waals surface area contributed by atoms with E-state index < -0.39 is 6.10 Å². The van der Waals surface area contributed by atoms with Crippen LogP contribution in [0.5, 0.6) is 5.75 Å². The molecule has 0 spiro atoms. The predicted octanol–water partition coefficient (Wildman–Crippen LogP) is 2.79. The molecule has 1 N–H and O–H groups in total. The molecule has 1 aliphatic rings. The van der Waals surface area contributed by atoms with E-state index >= 15 is 0 Å². The Bertz CT molecular complexity index is 658. The number of morpholine rings is 1. The normalized spacial score (nSPS) is 18.5. The molecule has 26 heavy (non-hydrogen) atoms. The standard InChI is InChI=1S/C20H25NO5/c22-18(19-8-4-12-26-19)14-16-15-24-13-10-21(16)20(23)9-5-11-25-17-6-2-1-3-7-17/h1-4,6-8,12,16,18,22H,5,9-11,13-15H2/t16-,18+/m0/s1. The van der Waals surface area contributed by atoms with E-state index in [1.807, 2.05) is 35.2 Å². The monoisotopic (exact) mass is 359 g/mol. The zero-order valence-corrected chi connectivity index (χ0v) is 14.8. The van der Waals surface area contributed by atoms with E-state index in [1.165, 1.54) is 6.26 Å². The average molecular weight is 359 g/mol. The van der Waals surface area contributed by atoms with E-state index in [0.29, 0.717) is 51.4 Å². The first-order valence-electron chi connectivity index (χ1n) is 9.00. The average Bonchev–Trinajstić information content (AvgIpc) is 3.21. The Balaban J connectivity index is 1.46. The Hall–Kier alpha value is -2.31. The predicted molar refractivity (Wildman–Crippen MR) is 95.8 cm³/mol. The second-order valence-corrected chi connectivity index (χ2v) is 6.35. The summed E-state index contributed by atoms with van der Waals surface area (Å²) < 4.78 is 16.4. The molecule has 6 heteroatoms. The third-order valence-corrected chi connectivity index (χ3v) is 4.46. The van der Waals surface area contributed by atoms with Crippen LogP contribution in [0.15, 0.2) is 53.1 Å². The molecule has 140 valence electrons. The maximum absolute atomic E-state index is 12.6. The number of carbonyl (C=O) groups excluding carboxylic acids is 1. The molecule has 6 nitrogen and oxygen atoms in total. The van der Waals surface area contributed by atoms with E-state index in [4.69, 9.17) is 13.9 Å². The minimum absolute atomic E-state index is 0.0709. The van der Waals surface area contributed by atoms with Gasteiger partial charge in [-0.3, -0.25) is 4.79 Å². The lowest BCUT2D eigenvalue weighted by atomic mass is 10.0. The zero-order chi connectivity index (χ0) is 18.2. The van der Waals surface area contributed by atoms with Gasteiger partial charge in [-0.05, 0) is 30.7 Å². The van der Waals surface area contributed by atoms with Crippen molar-refractivity contribution < 1.29 is 23.8 Å². The summed E-state index contributed by atoms with van der Waals surface area (Å²) in [5, 5.41) is 10.3. The smallest absolute Gasteiger partial charge is 0.223 e. The minimum Gasteiger partial charge on any atom is -0.494 e. The van der Waals surface area contributed by atoms with E-state index in [2.05, 4.69) is 0 Å². The molecule has 0 aliphatic carbocycles. The van der Waals surface area contributed by atoms with Gasteiger partial charge in [-0.2, -0.15) is 0 Å². The van der Waals surface area contributed by atoms with Crippen LogP contribution in [0.1, 0.15) is 31.1 Å². The van der Waals surface area contributed by atoms with Crippen LogP contribution in [-0.2, 0) is 9.53 Å². The highest BCUT2D eigenvalue weighted by atomic mass is 16.5. The number of rotatable bonds is 8. The molecule has 1 aliphatic heterocycles. The van der Waals surface area contributed by atoms with Crippen molar-refractivity contribution in [1.29, 1.82) is 0 Å². The molecule has 2 heterocycles. The van der Waals surface area contributed by atoms with Gasteiger partial charge in [0, 0.05) is 19.4 Å². The first-order chi connectivity index (χ1) is 12.7. The van der Waals surface area contributed by atoms with Gasteiger partial charge in [0.1, 0.15) is 17.6 Å². The SMILES string of the molecule is O=C(CCCOc1ccccc1)N1CCOC[C@@H]1C[C@@H](O)c1ccco1. The molecule has 1 aromatic carbocycles. The van der Waals surface area contributed by atoms with Crippen molar-refractivity contribution in [2.24, 2.45) is 0 Å². The fraction of sp³-hybridized carbons (Fsp3) is 0.450. The van der Waals surface area contributed by atoms with Crippen LogP contribution in [0, 0.1) is 0 Å². The number of benzene rings is 1. The Kier molecular flexibility index (Phi) is 6.68. The van der Waals surface area contributed by atoms with Crippen LogP contribution >= 0.6 is 0 Å². The molecule has 0 bridgehead atoms. The first-order valence-corrected chi connectivity index (χ1v) is 9.00. The van der Waals surface area contributed by atoms with Crippen LogP contribution in [0.3, 0.4) is 0 Å². The van der Waals surface area contributed by atoms with Crippen LogP contribution in [0.2, 0.25) is 0 Å². The van der Waals surface area contributed by atoms with Gasteiger partial charge in [0.25, 0.3) is 0 Å². The van der Waals surface area contributed by atoms with Crippen LogP contribution < -0.4 is 4.74 Å². The number of nitrogens with zero attached hydrogens (tertiary/aromatic N) is 1. The number of furan rings is 1. The lowest BCUT2D eigenvalue weighted by Gasteiger charge is -2.36. The number of hydrogen-bond donors (Lipinski definition) is 1. The van der Waals surface area contributed by atoms with Gasteiger partial charge in [-0.1, -0.05) is 18.2 Å². The van der Waals surface area contributed by atoms with Gasteiger partial charge in [-0.15, -0.1) is 0 Å². The summed E-state index contributed by atoms with van der Waals surface area (Å²) in [5.41, 5.74) is 0. The first kappa shape index (κ1) is 18.5. The maximum Gasteiger partial charge on any atom is 0.223 e. The van der Waals surface area contributed by atoms with Gasteiger partial charge >= 0.3 is 0 Å². The molecule has 1 saturated heterocycles. The summed E-state index contributed by atoms with van der Waals surface area (Å²) >= 11 is 0. The van der Waals surface area contributed by atoms with Crippen LogP contribution in [-0.4, -0.2) is 48.3 Å². The topological polar surface area (TPSA) is 72.1 Å².